The lowest BCUT2D eigenvalue weighted by atomic mass is 10.0. The summed E-state index contributed by atoms with van der Waals surface area (Å²) in [5.74, 6) is -0.129. The maximum atomic E-state index is 11.8. The van der Waals surface area contributed by atoms with E-state index in [1.807, 2.05) is 24.3 Å². The Morgan fingerprint density at radius 1 is 0.966 bits per heavy atom. The van der Waals surface area contributed by atoms with Crippen LogP contribution in [0.4, 0.5) is 5.69 Å². The summed E-state index contributed by atoms with van der Waals surface area (Å²) in [5.41, 5.74) is 5.58. The predicted octanol–water partition coefficient (Wildman–Crippen LogP) is 6.02. The van der Waals surface area contributed by atoms with Crippen molar-refractivity contribution in [1.82, 2.24) is 5.32 Å². The van der Waals surface area contributed by atoms with Gasteiger partial charge in [0.25, 0.3) is 5.91 Å². The van der Waals surface area contributed by atoms with Crippen molar-refractivity contribution in [1.29, 1.82) is 0 Å². The molecule has 3 nitrogen and oxygen atoms in total. The summed E-state index contributed by atoms with van der Waals surface area (Å²) in [7, 11) is 0. The van der Waals surface area contributed by atoms with E-state index in [0.29, 0.717) is 9.23 Å². The first-order chi connectivity index (χ1) is 14.1. The van der Waals surface area contributed by atoms with Crippen LogP contribution in [0.2, 0.25) is 0 Å². The third-order valence-corrected chi connectivity index (χ3v) is 5.89. The van der Waals surface area contributed by atoms with Gasteiger partial charge < -0.3 is 10.6 Å². The van der Waals surface area contributed by atoms with Crippen molar-refractivity contribution in [3.05, 3.63) is 94.9 Å². The first-order valence-corrected chi connectivity index (χ1v) is 10.6. The highest BCUT2D eigenvalue weighted by Crippen LogP contribution is 2.28. The lowest BCUT2D eigenvalue weighted by Gasteiger charge is -2.16. The molecule has 0 aromatic heterocycles. The van der Waals surface area contributed by atoms with Gasteiger partial charge >= 0.3 is 0 Å². The molecule has 5 heteroatoms. The monoisotopic (exact) mass is 416 g/mol. The number of hydrogen-bond donors (Lipinski definition) is 2. The van der Waals surface area contributed by atoms with E-state index in [0.717, 1.165) is 22.4 Å². The SMILES string of the molecule is CC(Nc1cccc(-c2ccc(/C=C3\SC(=S)NC3=O)cc2)c1)c1ccccc1. The highest BCUT2D eigenvalue weighted by atomic mass is 32.2. The van der Waals surface area contributed by atoms with E-state index in [4.69, 9.17) is 12.2 Å². The summed E-state index contributed by atoms with van der Waals surface area (Å²) in [6.07, 6.45) is 1.86. The molecule has 2 N–H and O–H groups in total. The van der Waals surface area contributed by atoms with E-state index < -0.39 is 0 Å². The van der Waals surface area contributed by atoms with Crippen LogP contribution in [0, 0.1) is 0 Å². The van der Waals surface area contributed by atoms with Gasteiger partial charge in [0, 0.05) is 11.7 Å². The van der Waals surface area contributed by atoms with Crippen LogP contribution >= 0.6 is 24.0 Å². The van der Waals surface area contributed by atoms with Gasteiger partial charge in [-0.05, 0) is 47.4 Å². The number of carbonyl (C=O) groups is 1. The quantitative estimate of drug-likeness (QED) is 0.394. The fourth-order valence-electron chi connectivity index (χ4n) is 3.21. The van der Waals surface area contributed by atoms with E-state index >= 15 is 0 Å². The molecule has 0 saturated carbocycles. The van der Waals surface area contributed by atoms with Crippen LogP contribution in [0.5, 0.6) is 0 Å². The molecule has 144 valence electrons. The summed E-state index contributed by atoms with van der Waals surface area (Å²) >= 11 is 6.33. The highest BCUT2D eigenvalue weighted by molar-refractivity contribution is 8.26. The van der Waals surface area contributed by atoms with E-state index in [9.17, 15) is 4.79 Å². The van der Waals surface area contributed by atoms with Crippen molar-refractivity contribution < 1.29 is 4.79 Å². The van der Waals surface area contributed by atoms with E-state index in [2.05, 4.69) is 78.2 Å². The first kappa shape index (κ1) is 19.4. The van der Waals surface area contributed by atoms with Crippen molar-refractivity contribution in [2.45, 2.75) is 13.0 Å². The standard InChI is InChI=1S/C24H20N2OS2/c1-16(18-6-3-2-4-7-18)25-21-9-5-8-20(15-21)19-12-10-17(11-13-19)14-22-23(27)26-24(28)29-22/h2-16,25H,1H3,(H,26,27,28)/b22-14-. The molecular weight excluding hydrogens is 396 g/mol. The normalized spacial score (nSPS) is 16.0. The fraction of sp³-hybridized carbons (Fsp3) is 0.0833. The largest absolute Gasteiger partial charge is 0.379 e. The molecule has 1 unspecified atom stereocenters. The fourth-order valence-corrected chi connectivity index (χ4v) is 4.25. The molecule has 4 rings (SSSR count). The Morgan fingerprint density at radius 3 is 2.41 bits per heavy atom. The Morgan fingerprint density at radius 2 is 1.72 bits per heavy atom. The third-order valence-electron chi connectivity index (χ3n) is 4.73. The topological polar surface area (TPSA) is 41.1 Å². The van der Waals surface area contributed by atoms with Crippen LogP contribution in [-0.4, -0.2) is 10.2 Å². The van der Waals surface area contributed by atoms with Crippen molar-refractivity contribution in [3.8, 4) is 11.1 Å². The Hall–Kier alpha value is -2.89. The second-order valence-electron chi connectivity index (χ2n) is 6.83. The zero-order chi connectivity index (χ0) is 20.2. The Balaban J connectivity index is 1.50. The summed E-state index contributed by atoms with van der Waals surface area (Å²) < 4.78 is 0.506. The summed E-state index contributed by atoms with van der Waals surface area (Å²) in [6.45, 7) is 2.16. The molecule has 1 aliphatic heterocycles. The zero-order valence-electron chi connectivity index (χ0n) is 15.9. The Labute approximate surface area is 180 Å². The van der Waals surface area contributed by atoms with Crippen LogP contribution in [0.3, 0.4) is 0 Å². The average Bonchev–Trinajstić information content (AvgIpc) is 3.06. The predicted molar refractivity (Wildman–Crippen MR) is 127 cm³/mol. The van der Waals surface area contributed by atoms with Gasteiger partial charge in [-0.15, -0.1) is 0 Å². The van der Waals surface area contributed by atoms with Gasteiger partial charge in [-0.3, -0.25) is 4.79 Å². The molecule has 1 saturated heterocycles. The smallest absolute Gasteiger partial charge is 0.263 e. The number of benzene rings is 3. The first-order valence-electron chi connectivity index (χ1n) is 9.35. The summed E-state index contributed by atoms with van der Waals surface area (Å²) in [6, 6.07) is 27.2. The van der Waals surface area contributed by atoms with E-state index in [1.165, 1.54) is 17.3 Å². The molecule has 1 aliphatic rings. The number of amides is 1. The minimum atomic E-state index is -0.129. The van der Waals surface area contributed by atoms with Crippen LogP contribution < -0.4 is 10.6 Å². The van der Waals surface area contributed by atoms with Crippen LogP contribution in [-0.2, 0) is 4.79 Å². The minimum Gasteiger partial charge on any atom is -0.379 e. The van der Waals surface area contributed by atoms with Crippen LogP contribution in [0.1, 0.15) is 24.1 Å². The third kappa shape index (κ3) is 4.75. The van der Waals surface area contributed by atoms with Gasteiger partial charge in [-0.2, -0.15) is 0 Å². The minimum absolute atomic E-state index is 0.129. The van der Waals surface area contributed by atoms with Gasteiger partial charge in [-0.1, -0.05) is 90.7 Å². The van der Waals surface area contributed by atoms with Gasteiger partial charge in [0.15, 0.2) is 0 Å². The number of hydrogen-bond acceptors (Lipinski definition) is 4. The molecule has 1 atom stereocenters. The summed E-state index contributed by atoms with van der Waals surface area (Å²) in [4.78, 5) is 12.4. The molecule has 29 heavy (non-hydrogen) atoms. The molecular formula is C24H20N2OS2. The number of anilines is 1. The Bertz CT molecular complexity index is 1080. The van der Waals surface area contributed by atoms with Crippen molar-refractivity contribution in [3.63, 3.8) is 0 Å². The molecule has 1 heterocycles. The maximum Gasteiger partial charge on any atom is 0.263 e. The molecule has 0 radical (unpaired) electrons. The van der Waals surface area contributed by atoms with Gasteiger partial charge in [0.2, 0.25) is 0 Å². The summed E-state index contributed by atoms with van der Waals surface area (Å²) in [5, 5.41) is 6.21. The van der Waals surface area contributed by atoms with Gasteiger partial charge in [0.1, 0.15) is 4.32 Å². The van der Waals surface area contributed by atoms with Crippen molar-refractivity contribution in [2.24, 2.45) is 0 Å². The van der Waals surface area contributed by atoms with Crippen LogP contribution in [0.15, 0.2) is 83.8 Å². The molecule has 0 bridgehead atoms. The van der Waals surface area contributed by atoms with Gasteiger partial charge in [0.05, 0.1) is 4.91 Å². The molecule has 1 amide bonds. The lowest BCUT2D eigenvalue weighted by molar-refractivity contribution is -0.115. The number of carbonyl (C=O) groups excluding carboxylic acids is 1. The molecule has 0 spiro atoms. The van der Waals surface area contributed by atoms with Crippen molar-refractivity contribution in [2.75, 3.05) is 5.32 Å². The molecule has 0 aliphatic carbocycles. The molecule has 1 fully saturated rings. The highest BCUT2D eigenvalue weighted by Gasteiger charge is 2.21. The molecule has 3 aromatic rings. The average molecular weight is 417 g/mol. The van der Waals surface area contributed by atoms with E-state index in [-0.39, 0.29) is 11.9 Å². The second-order valence-corrected chi connectivity index (χ2v) is 8.55. The number of rotatable bonds is 5. The van der Waals surface area contributed by atoms with Crippen molar-refractivity contribution >= 4 is 46.0 Å². The number of nitrogens with one attached hydrogen (secondary N) is 2. The number of thioether (sulfide) groups is 1. The lowest BCUT2D eigenvalue weighted by Crippen LogP contribution is -2.17. The Kier molecular flexibility index (Phi) is 5.79. The zero-order valence-corrected chi connectivity index (χ0v) is 17.5. The van der Waals surface area contributed by atoms with Gasteiger partial charge in [-0.25, -0.2) is 0 Å². The van der Waals surface area contributed by atoms with E-state index in [1.54, 1.807) is 0 Å². The maximum absolute atomic E-state index is 11.8. The number of thiocarbonyl (C=S) groups is 1. The molecule has 3 aromatic carbocycles. The van der Waals surface area contributed by atoms with Crippen LogP contribution in [0.25, 0.3) is 17.2 Å². The second kappa shape index (κ2) is 8.64.